The average molecular weight is 852 g/mol. The molecule has 0 aliphatic heterocycles. The van der Waals surface area contributed by atoms with E-state index in [9.17, 15) is 5.26 Å². The number of nitriles is 1. The summed E-state index contributed by atoms with van der Waals surface area (Å²) < 4.78 is 35.6. The number of fused-ring (bicyclic) bond motifs is 6. The van der Waals surface area contributed by atoms with Crippen molar-refractivity contribution in [3.63, 3.8) is 0 Å². The molecule has 0 fully saturated rings. The summed E-state index contributed by atoms with van der Waals surface area (Å²) in [6.45, 7) is 0. The molecule has 0 unspecified atom stereocenters. The van der Waals surface area contributed by atoms with Gasteiger partial charge in [0.15, 0.2) is 0 Å². The zero-order valence-electron chi connectivity index (χ0n) is 35.2. The lowest BCUT2D eigenvalue weighted by Crippen LogP contribution is -2.05. The molecule has 0 N–H and O–H groups in total. The Bertz CT molecular complexity index is 3640. The second kappa shape index (κ2) is 15.7. The Kier molecular flexibility index (Phi) is 9.18. The van der Waals surface area contributed by atoms with Crippen LogP contribution >= 0.6 is 0 Å². The van der Waals surface area contributed by atoms with E-state index in [1.54, 1.807) is 0 Å². The van der Waals surface area contributed by atoms with E-state index in [0.29, 0.717) is 28.1 Å². The highest BCUT2D eigenvalue weighted by Crippen LogP contribution is 2.44. The molecular formula is C59H35F2N5. The standard InChI is InChI=1S/C59H35F2N5/c60-45-29-44(30-46(61)33-45)59-57(65-53-17-9-7-15-47(53)49-23-19-40(31-55(49)65)42-21-25-51(63-35-42)38-11-3-1-4-12-38)27-37(34-62)28-58(59)66-54-18-10-8-16-48(54)50-24-20-41(32-56(50)66)43-22-26-52(64-36-43)39-13-5-2-6-14-39/h1-33,35-36H. The number of nitrogens with zero attached hydrogens (tertiary/aromatic N) is 5. The summed E-state index contributed by atoms with van der Waals surface area (Å²) >= 11 is 0. The second-order valence-corrected chi connectivity index (χ2v) is 16.4. The van der Waals surface area contributed by atoms with Gasteiger partial charge < -0.3 is 9.13 Å². The normalized spacial score (nSPS) is 11.5. The Hall–Kier alpha value is -8.99. The van der Waals surface area contributed by atoms with Crippen LogP contribution in [0.3, 0.4) is 0 Å². The van der Waals surface area contributed by atoms with Gasteiger partial charge >= 0.3 is 0 Å². The summed E-state index contributed by atoms with van der Waals surface area (Å²) in [4.78, 5) is 9.67. The molecule has 310 valence electrons. The van der Waals surface area contributed by atoms with Crippen molar-refractivity contribution < 1.29 is 8.78 Å². The van der Waals surface area contributed by atoms with Gasteiger partial charge in [0, 0.05) is 67.8 Å². The van der Waals surface area contributed by atoms with Crippen molar-refractivity contribution in [1.82, 2.24) is 19.1 Å². The number of para-hydroxylation sites is 2. The van der Waals surface area contributed by atoms with Gasteiger partial charge in [-0.1, -0.05) is 133 Å². The maximum absolute atomic E-state index is 15.7. The van der Waals surface area contributed by atoms with Crippen LogP contribution in [-0.4, -0.2) is 19.1 Å². The lowest BCUT2D eigenvalue weighted by Gasteiger charge is -2.21. The topological polar surface area (TPSA) is 59.4 Å². The Morgan fingerprint density at radius 3 is 1.23 bits per heavy atom. The molecule has 7 heteroatoms. The molecule has 0 saturated heterocycles. The molecule has 8 aromatic carbocycles. The van der Waals surface area contributed by atoms with Crippen LogP contribution in [0.25, 0.3) is 111 Å². The highest BCUT2D eigenvalue weighted by molar-refractivity contribution is 6.13. The van der Waals surface area contributed by atoms with E-state index in [-0.39, 0.29) is 0 Å². The van der Waals surface area contributed by atoms with Crippen LogP contribution in [0.1, 0.15) is 5.56 Å². The predicted octanol–water partition coefficient (Wildman–Crippen LogP) is 15.2. The van der Waals surface area contributed by atoms with Crippen molar-refractivity contribution in [2.45, 2.75) is 0 Å². The number of halogens is 2. The molecule has 0 bridgehead atoms. The van der Waals surface area contributed by atoms with Crippen molar-refractivity contribution in [2.24, 2.45) is 0 Å². The maximum atomic E-state index is 15.7. The molecule has 0 spiro atoms. The number of hydrogen-bond acceptors (Lipinski definition) is 3. The molecule has 0 aliphatic carbocycles. The minimum absolute atomic E-state index is 0.326. The van der Waals surface area contributed by atoms with Crippen molar-refractivity contribution in [3.8, 4) is 73.3 Å². The molecule has 0 saturated carbocycles. The highest BCUT2D eigenvalue weighted by Gasteiger charge is 2.24. The van der Waals surface area contributed by atoms with Gasteiger partial charge in [0.05, 0.1) is 56.5 Å². The fourth-order valence-corrected chi connectivity index (χ4v) is 9.53. The molecular weight excluding hydrogens is 817 g/mol. The molecule has 66 heavy (non-hydrogen) atoms. The minimum Gasteiger partial charge on any atom is -0.308 e. The quantitative estimate of drug-likeness (QED) is 0.160. The smallest absolute Gasteiger partial charge is 0.126 e. The Morgan fingerprint density at radius 2 is 0.788 bits per heavy atom. The van der Waals surface area contributed by atoms with Crippen LogP contribution in [0, 0.1) is 23.0 Å². The predicted molar refractivity (Wildman–Crippen MR) is 263 cm³/mol. The van der Waals surface area contributed by atoms with Crippen LogP contribution in [0.5, 0.6) is 0 Å². The SMILES string of the molecule is N#Cc1cc(-n2c3ccccc3c3ccc(-c4ccc(-c5ccccc5)nc4)cc32)c(-c2cc(F)cc(F)c2)c(-n2c3ccccc3c3ccc(-c4ccc(-c5ccccc5)nc4)cc32)c1. The summed E-state index contributed by atoms with van der Waals surface area (Å²) in [6, 6.07) is 67.0. The summed E-state index contributed by atoms with van der Waals surface area (Å²) in [5.41, 5.74) is 13.5. The van der Waals surface area contributed by atoms with E-state index in [0.717, 1.165) is 94.4 Å². The first-order valence-corrected chi connectivity index (χ1v) is 21.6. The Labute approximate surface area is 378 Å². The summed E-state index contributed by atoms with van der Waals surface area (Å²) in [6.07, 6.45) is 3.77. The monoisotopic (exact) mass is 851 g/mol. The number of pyridine rings is 2. The van der Waals surface area contributed by atoms with Crippen LogP contribution in [0.2, 0.25) is 0 Å². The lowest BCUT2D eigenvalue weighted by molar-refractivity contribution is 0.584. The van der Waals surface area contributed by atoms with Gasteiger partial charge in [-0.3, -0.25) is 9.97 Å². The van der Waals surface area contributed by atoms with Crippen LogP contribution in [0.4, 0.5) is 8.78 Å². The van der Waals surface area contributed by atoms with E-state index < -0.39 is 11.6 Å². The third-order valence-electron chi connectivity index (χ3n) is 12.5. The van der Waals surface area contributed by atoms with Gasteiger partial charge in [-0.05, 0) is 77.4 Å². The molecule has 0 atom stereocenters. The van der Waals surface area contributed by atoms with E-state index >= 15 is 8.78 Å². The van der Waals surface area contributed by atoms with E-state index in [2.05, 4.69) is 75.9 Å². The van der Waals surface area contributed by atoms with Crippen LogP contribution in [0.15, 0.2) is 213 Å². The number of benzene rings is 8. The van der Waals surface area contributed by atoms with Crippen molar-refractivity contribution in [3.05, 3.63) is 230 Å². The summed E-state index contributed by atoms with van der Waals surface area (Å²) in [7, 11) is 0. The third-order valence-corrected chi connectivity index (χ3v) is 12.5. The van der Waals surface area contributed by atoms with Crippen molar-refractivity contribution >= 4 is 43.6 Å². The number of aromatic nitrogens is 4. The first-order chi connectivity index (χ1) is 32.5. The summed E-state index contributed by atoms with van der Waals surface area (Å²) in [5.74, 6) is -1.42. The number of hydrogen-bond donors (Lipinski definition) is 0. The molecule has 4 aromatic heterocycles. The first-order valence-electron chi connectivity index (χ1n) is 21.6. The molecule has 12 rings (SSSR count). The maximum Gasteiger partial charge on any atom is 0.126 e. The zero-order chi connectivity index (χ0) is 44.3. The molecule has 5 nitrogen and oxygen atoms in total. The fraction of sp³-hybridized carbons (Fsp3) is 0. The van der Waals surface area contributed by atoms with Gasteiger partial charge in [-0.15, -0.1) is 0 Å². The molecule has 12 aromatic rings. The fourth-order valence-electron chi connectivity index (χ4n) is 9.53. The highest BCUT2D eigenvalue weighted by atomic mass is 19.1. The minimum atomic E-state index is -0.710. The van der Waals surface area contributed by atoms with Crippen LogP contribution < -0.4 is 0 Å². The molecule has 0 amide bonds. The molecule has 0 aliphatic rings. The van der Waals surface area contributed by atoms with Gasteiger partial charge in [0.2, 0.25) is 0 Å². The van der Waals surface area contributed by atoms with Gasteiger partial charge in [-0.2, -0.15) is 5.26 Å². The van der Waals surface area contributed by atoms with E-state index in [1.165, 1.54) is 12.1 Å². The first kappa shape index (κ1) is 38.7. The van der Waals surface area contributed by atoms with E-state index in [1.807, 2.05) is 134 Å². The van der Waals surface area contributed by atoms with Crippen molar-refractivity contribution in [1.29, 1.82) is 5.26 Å². The third kappa shape index (κ3) is 6.51. The van der Waals surface area contributed by atoms with Gasteiger partial charge in [0.1, 0.15) is 11.6 Å². The zero-order valence-corrected chi connectivity index (χ0v) is 35.2. The summed E-state index contributed by atoms with van der Waals surface area (Å²) in [5, 5.41) is 14.8. The largest absolute Gasteiger partial charge is 0.308 e. The second-order valence-electron chi connectivity index (χ2n) is 16.4. The lowest BCUT2D eigenvalue weighted by atomic mass is 9.97. The van der Waals surface area contributed by atoms with Crippen molar-refractivity contribution in [2.75, 3.05) is 0 Å². The van der Waals surface area contributed by atoms with Crippen LogP contribution in [-0.2, 0) is 0 Å². The Balaban J connectivity index is 1.13. The Morgan fingerprint density at radius 1 is 0.364 bits per heavy atom. The molecule has 4 heterocycles. The van der Waals surface area contributed by atoms with E-state index in [4.69, 9.17) is 9.97 Å². The van der Waals surface area contributed by atoms with Gasteiger partial charge in [0.25, 0.3) is 0 Å². The average Bonchev–Trinajstić information content (AvgIpc) is 3.88. The molecule has 0 radical (unpaired) electrons. The van der Waals surface area contributed by atoms with Gasteiger partial charge in [-0.25, -0.2) is 8.78 Å². The number of rotatable bonds is 7.